The Hall–Kier alpha value is -3.12. The van der Waals surface area contributed by atoms with Crippen LogP contribution in [0.3, 0.4) is 0 Å². The first-order chi connectivity index (χ1) is 14.7. The number of β-lactam (4-membered cyclic amide) rings is 1. The number of amides is 2. The molecule has 164 valence electrons. The van der Waals surface area contributed by atoms with Gasteiger partial charge in [-0.2, -0.15) is 0 Å². The predicted octanol–water partition coefficient (Wildman–Crippen LogP) is 0.649. The number of esters is 2. The molecule has 3 heterocycles. The van der Waals surface area contributed by atoms with Crippen molar-refractivity contribution >= 4 is 52.8 Å². The van der Waals surface area contributed by atoms with Crippen molar-refractivity contribution in [1.29, 1.82) is 0 Å². The van der Waals surface area contributed by atoms with Gasteiger partial charge < -0.3 is 19.9 Å². The van der Waals surface area contributed by atoms with Crippen molar-refractivity contribution < 1.29 is 38.6 Å². The maximum Gasteiger partial charge on any atom is 0.353 e. The molecule has 1 saturated heterocycles. The molecule has 3 rings (SSSR count). The van der Waals surface area contributed by atoms with E-state index in [9.17, 15) is 29.1 Å². The van der Waals surface area contributed by atoms with Crippen LogP contribution in [0.5, 0.6) is 0 Å². The number of carbonyl (C=O) groups is 5. The number of carboxylic acid groups (broad SMARTS) is 1. The zero-order valence-corrected chi connectivity index (χ0v) is 18.1. The molecule has 0 bridgehead atoms. The molecule has 2 aliphatic rings. The number of carboxylic acids is 1. The fourth-order valence-corrected chi connectivity index (χ4v) is 5.11. The second kappa shape index (κ2) is 9.35. The molecule has 0 radical (unpaired) electrons. The highest BCUT2D eigenvalue weighted by atomic mass is 32.2. The fourth-order valence-electron chi connectivity index (χ4n) is 3.05. The maximum atomic E-state index is 12.7. The molecule has 0 aliphatic carbocycles. The number of thiophene rings is 1. The molecule has 0 spiro atoms. The van der Waals surface area contributed by atoms with E-state index in [2.05, 4.69) is 10.1 Å². The van der Waals surface area contributed by atoms with Gasteiger partial charge in [-0.3, -0.25) is 19.3 Å². The summed E-state index contributed by atoms with van der Waals surface area (Å²) in [5, 5.41) is 13.4. The average molecular weight is 466 g/mol. The number of nitrogens with one attached hydrogen (secondary N) is 1. The highest BCUT2D eigenvalue weighted by Crippen LogP contribution is 2.46. The summed E-state index contributed by atoms with van der Waals surface area (Å²) in [6.45, 7) is 0.704. The van der Waals surface area contributed by atoms with Gasteiger partial charge in [0.05, 0.1) is 13.5 Å². The van der Waals surface area contributed by atoms with E-state index in [1.54, 1.807) is 12.1 Å². The lowest BCUT2D eigenvalue weighted by molar-refractivity contribution is -0.150. The van der Waals surface area contributed by atoms with Crippen LogP contribution in [0.25, 0.3) is 0 Å². The first kappa shape index (κ1) is 22.6. The molecule has 2 unspecified atom stereocenters. The van der Waals surface area contributed by atoms with Gasteiger partial charge in [0, 0.05) is 28.4 Å². The second-order valence-electron chi connectivity index (χ2n) is 6.46. The summed E-state index contributed by atoms with van der Waals surface area (Å²) in [5.41, 5.74) is -0.417. The van der Waals surface area contributed by atoms with Crippen molar-refractivity contribution in [3.8, 4) is 0 Å². The van der Waals surface area contributed by atoms with Crippen molar-refractivity contribution in [2.75, 3.05) is 13.7 Å². The smallest absolute Gasteiger partial charge is 0.353 e. The number of methoxy groups -OCH3 is 1. The Balaban J connectivity index is 1.89. The Morgan fingerprint density at radius 1 is 1.32 bits per heavy atom. The number of ether oxygens (including phenoxy) is 2. The van der Waals surface area contributed by atoms with Gasteiger partial charge in [0.15, 0.2) is 0 Å². The molecule has 1 aromatic heterocycles. The summed E-state index contributed by atoms with van der Waals surface area (Å²) in [5.74, 6) is -3.82. The quantitative estimate of drug-likeness (QED) is 0.337. The Morgan fingerprint density at radius 2 is 2.06 bits per heavy atom. The molecule has 10 nitrogen and oxygen atoms in total. The lowest BCUT2D eigenvalue weighted by Crippen LogP contribution is -2.70. The third-order valence-electron chi connectivity index (χ3n) is 4.42. The Bertz CT molecular complexity index is 999. The number of rotatable bonds is 7. The van der Waals surface area contributed by atoms with E-state index in [4.69, 9.17) is 4.74 Å². The summed E-state index contributed by atoms with van der Waals surface area (Å²) in [7, 11) is 1.16. The predicted molar refractivity (Wildman–Crippen MR) is 110 cm³/mol. The Labute approximate surface area is 184 Å². The maximum absolute atomic E-state index is 12.7. The van der Waals surface area contributed by atoms with E-state index >= 15 is 0 Å². The van der Waals surface area contributed by atoms with E-state index in [1.165, 1.54) is 11.3 Å². The molecule has 2 N–H and O–H groups in total. The minimum atomic E-state index is -1.43. The highest BCUT2D eigenvalue weighted by Gasteiger charge is 2.55. The van der Waals surface area contributed by atoms with E-state index in [-0.39, 0.29) is 22.8 Å². The minimum absolute atomic E-state index is 0.00828. The number of fused-ring (bicyclic) bond motifs is 1. The van der Waals surface area contributed by atoms with Gasteiger partial charge in [-0.1, -0.05) is 17.8 Å². The molecule has 1 fully saturated rings. The Morgan fingerprint density at radius 3 is 2.65 bits per heavy atom. The van der Waals surface area contributed by atoms with Gasteiger partial charge in [0.25, 0.3) is 5.91 Å². The molecule has 31 heavy (non-hydrogen) atoms. The summed E-state index contributed by atoms with van der Waals surface area (Å²) in [4.78, 5) is 62.1. The first-order valence-corrected chi connectivity index (χ1v) is 10.7. The van der Waals surface area contributed by atoms with E-state index < -0.39 is 47.5 Å². The molecule has 2 atom stereocenters. The van der Waals surface area contributed by atoms with Crippen molar-refractivity contribution in [1.82, 2.24) is 10.2 Å². The molecule has 2 amide bonds. The van der Waals surface area contributed by atoms with Gasteiger partial charge in [-0.15, -0.1) is 11.3 Å². The van der Waals surface area contributed by atoms with Crippen molar-refractivity contribution in [2.45, 2.75) is 24.8 Å². The lowest BCUT2D eigenvalue weighted by Gasteiger charge is -2.49. The standard InChI is InChI=1S/C19H18N2O8S2/c1-9(22)29-8-11-12(7-14(24)28-2)31-18-15(17(25)21(18)16(11)19(26)27)20-13(23)6-10-4-3-5-30-10/h3-5,7,15,18H,6,8H2,1-2H3,(H,20,23)(H,26,27)/b12-7-. The normalized spacial score (nSPS) is 21.3. The zero-order chi connectivity index (χ0) is 22.7. The van der Waals surface area contributed by atoms with Crippen LogP contribution in [-0.4, -0.2) is 64.9 Å². The SMILES string of the molecule is COC(=O)/C=C1\SC2C(NC(=O)Cc3cccs3)C(=O)N2C(C(=O)O)=C1COC(C)=O. The van der Waals surface area contributed by atoms with E-state index in [0.29, 0.717) is 0 Å². The molecule has 0 aromatic carbocycles. The highest BCUT2D eigenvalue weighted by molar-refractivity contribution is 8.04. The minimum Gasteiger partial charge on any atom is -0.477 e. The van der Waals surface area contributed by atoms with Crippen LogP contribution in [0.1, 0.15) is 11.8 Å². The van der Waals surface area contributed by atoms with Gasteiger partial charge in [0.1, 0.15) is 23.7 Å². The molecule has 2 aliphatic heterocycles. The van der Waals surface area contributed by atoms with Crippen LogP contribution < -0.4 is 5.32 Å². The topological polar surface area (TPSA) is 139 Å². The van der Waals surface area contributed by atoms with Gasteiger partial charge >= 0.3 is 17.9 Å². The van der Waals surface area contributed by atoms with Crippen molar-refractivity contribution in [3.05, 3.63) is 44.6 Å². The molecule has 1 aromatic rings. The zero-order valence-electron chi connectivity index (χ0n) is 16.4. The van der Waals surface area contributed by atoms with E-state index in [0.717, 1.165) is 41.6 Å². The van der Waals surface area contributed by atoms with Gasteiger partial charge in [0.2, 0.25) is 5.91 Å². The molecule has 0 saturated carbocycles. The summed E-state index contributed by atoms with van der Waals surface area (Å²) >= 11 is 2.41. The summed E-state index contributed by atoms with van der Waals surface area (Å²) < 4.78 is 9.55. The fraction of sp³-hybridized carbons (Fsp3) is 0.316. The number of hydrogen-bond donors (Lipinski definition) is 2. The third kappa shape index (κ3) is 4.80. The molecular formula is C19H18N2O8S2. The second-order valence-corrected chi connectivity index (χ2v) is 8.65. The average Bonchev–Trinajstić information content (AvgIpc) is 3.22. The van der Waals surface area contributed by atoms with Gasteiger partial charge in [-0.05, 0) is 11.4 Å². The van der Waals surface area contributed by atoms with Gasteiger partial charge in [-0.25, -0.2) is 9.59 Å². The first-order valence-electron chi connectivity index (χ1n) is 8.94. The number of hydrogen-bond acceptors (Lipinski definition) is 9. The number of thioether (sulfide) groups is 1. The third-order valence-corrected chi connectivity index (χ3v) is 6.64. The van der Waals surface area contributed by atoms with E-state index in [1.807, 2.05) is 5.38 Å². The molecule has 12 heteroatoms. The molecular weight excluding hydrogens is 448 g/mol. The number of carbonyl (C=O) groups excluding carboxylic acids is 4. The number of aliphatic carboxylic acids is 1. The largest absolute Gasteiger partial charge is 0.477 e. The Kier molecular flexibility index (Phi) is 6.81. The van der Waals surface area contributed by atoms with Crippen molar-refractivity contribution in [2.24, 2.45) is 0 Å². The lowest BCUT2D eigenvalue weighted by atomic mass is 10.0. The summed E-state index contributed by atoms with van der Waals surface area (Å²) in [6.07, 6.45) is 1.15. The summed E-state index contributed by atoms with van der Waals surface area (Å²) in [6, 6.07) is 2.63. The van der Waals surface area contributed by atoms with Crippen LogP contribution in [0.2, 0.25) is 0 Å². The van der Waals surface area contributed by atoms with Crippen LogP contribution in [0, 0.1) is 0 Å². The number of nitrogens with zero attached hydrogens (tertiary/aromatic N) is 1. The van der Waals surface area contributed by atoms with Crippen molar-refractivity contribution in [3.63, 3.8) is 0 Å². The van der Waals surface area contributed by atoms with Crippen LogP contribution in [-0.2, 0) is 39.9 Å². The van der Waals surface area contributed by atoms with Crippen LogP contribution in [0.4, 0.5) is 0 Å². The van der Waals surface area contributed by atoms with Crippen LogP contribution in [0.15, 0.2) is 39.8 Å². The monoisotopic (exact) mass is 466 g/mol. The van der Waals surface area contributed by atoms with Crippen LogP contribution >= 0.6 is 23.1 Å².